The first-order chi connectivity index (χ1) is 16.0. The van der Waals surface area contributed by atoms with Crippen LogP contribution in [0.3, 0.4) is 0 Å². The number of ether oxygens (including phenoxy) is 1. The van der Waals surface area contributed by atoms with Crippen LogP contribution in [0.2, 0.25) is 0 Å². The molecule has 2 aliphatic rings. The van der Waals surface area contributed by atoms with Gasteiger partial charge in [-0.15, -0.1) is 0 Å². The maximum atomic E-state index is 13.0. The average Bonchev–Trinajstić information content (AvgIpc) is 2.96. The Morgan fingerprint density at radius 1 is 1.26 bits per heavy atom. The average molecular weight is 471 g/mol. The fraction of sp³-hybridized carbons (Fsp3) is 0.538. The lowest BCUT2D eigenvalue weighted by Crippen LogP contribution is -2.51. The van der Waals surface area contributed by atoms with E-state index in [1.165, 1.54) is 0 Å². The molecule has 0 saturated heterocycles. The van der Waals surface area contributed by atoms with Crippen molar-refractivity contribution < 1.29 is 19.4 Å². The predicted molar refractivity (Wildman–Crippen MR) is 135 cm³/mol. The molecule has 8 heteroatoms. The van der Waals surface area contributed by atoms with Gasteiger partial charge in [-0.2, -0.15) is 0 Å². The summed E-state index contributed by atoms with van der Waals surface area (Å²) in [7, 11) is 0. The molecule has 2 amide bonds. The molecule has 0 radical (unpaired) electrons. The van der Waals surface area contributed by atoms with E-state index in [1.807, 2.05) is 39.0 Å². The van der Waals surface area contributed by atoms with Crippen LogP contribution in [0.1, 0.15) is 66.4 Å². The van der Waals surface area contributed by atoms with Gasteiger partial charge in [-0.05, 0) is 71.6 Å². The Kier molecular flexibility index (Phi) is 8.05. The molecule has 1 aliphatic carbocycles. The van der Waals surface area contributed by atoms with Gasteiger partial charge in [0.05, 0.1) is 29.1 Å². The van der Waals surface area contributed by atoms with E-state index in [1.54, 1.807) is 30.6 Å². The number of aliphatic hydroxyl groups is 1. The molecule has 1 aromatic carbocycles. The van der Waals surface area contributed by atoms with Gasteiger partial charge in [0, 0.05) is 31.3 Å². The molecule has 1 heterocycles. The minimum atomic E-state index is -0.843. The molecule has 0 aromatic heterocycles. The van der Waals surface area contributed by atoms with E-state index in [9.17, 15) is 14.7 Å². The van der Waals surface area contributed by atoms with E-state index in [0.717, 1.165) is 36.1 Å². The van der Waals surface area contributed by atoms with E-state index in [0.29, 0.717) is 24.5 Å². The van der Waals surface area contributed by atoms with Crippen LogP contribution in [0, 0.1) is 0 Å². The molecule has 0 unspecified atom stereocenters. The number of carbonyl (C=O) groups is 2. The number of carbonyl (C=O) groups excluding carboxylic acids is 2. The summed E-state index contributed by atoms with van der Waals surface area (Å²) in [5.41, 5.74) is 9.89. The van der Waals surface area contributed by atoms with Gasteiger partial charge < -0.3 is 20.2 Å². The van der Waals surface area contributed by atoms with E-state index >= 15 is 0 Å². The third kappa shape index (κ3) is 6.18. The first kappa shape index (κ1) is 25.8. The van der Waals surface area contributed by atoms with Crippen molar-refractivity contribution in [3.8, 4) is 0 Å². The van der Waals surface area contributed by atoms with Crippen LogP contribution >= 0.6 is 0 Å². The summed E-state index contributed by atoms with van der Waals surface area (Å²) in [6.45, 7) is 11.4. The minimum Gasteiger partial charge on any atom is -0.446 e. The Bertz CT molecular complexity index is 978. The van der Waals surface area contributed by atoms with Crippen molar-refractivity contribution in [1.29, 1.82) is 0 Å². The topological polar surface area (TPSA) is 94.1 Å². The third-order valence-corrected chi connectivity index (χ3v) is 5.79. The van der Waals surface area contributed by atoms with Gasteiger partial charge in [0.2, 0.25) is 5.91 Å². The Morgan fingerprint density at radius 3 is 2.65 bits per heavy atom. The number of nitrogens with zero attached hydrogens (tertiary/aromatic N) is 2. The maximum absolute atomic E-state index is 13.0. The molecule has 34 heavy (non-hydrogen) atoms. The molecule has 3 rings (SSSR count). The molecule has 1 atom stereocenters. The highest BCUT2D eigenvalue weighted by Gasteiger charge is 2.35. The summed E-state index contributed by atoms with van der Waals surface area (Å²) in [5, 5.41) is 10.0. The molecule has 0 bridgehead atoms. The summed E-state index contributed by atoms with van der Waals surface area (Å²) in [5.74, 6) is -0.0647. The van der Waals surface area contributed by atoms with Crippen LogP contribution in [-0.2, 0) is 9.53 Å². The molecular weight excluding hydrogens is 432 g/mol. The Labute approximate surface area is 202 Å². The Balaban J connectivity index is 2.05. The second kappa shape index (κ2) is 10.6. The van der Waals surface area contributed by atoms with Crippen molar-refractivity contribution in [3.63, 3.8) is 0 Å². The Hall–Kier alpha value is -2.84. The second-order valence-corrected chi connectivity index (χ2v) is 9.96. The van der Waals surface area contributed by atoms with Crippen molar-refractivity contribution in [2.75, 3.05) is 22.9 Å². The van der Waals surface area contributed by atoms with E-state index < -0.39 is 11.7 Å². The summed E-state index contributed by atoms with van der Waals surface area (Å²) in [4.78, 5) is 28.8. The van der Waals surface area contributed by atoms with Gasteiger partial charge in [-0.25, -0.2) is 10.2 Å². The van der Waals surface area contributed by atoms with Crippen LogP contribution in [-0.4, -0.2) is 47.9 Å². The zero-order chi connectivity index (χ0) is 25.0. The van der Waals surface area contributed by atoms with Crippen molar-refractivity contribution in [2.24, 2.45) is 0 Å². The van der Waals surface area contributed by atoms with E-state index in [-0.39, 0.29) is 18.1 Å². The standard InChI is InChI=1S/C26H38N4O4/c1-17(2)34-25(32)29-15-18(3)30(19(4)31)23-13-12-20(14-24(23)29)21-10-8-7-9-11-22(21)28-27-16-26(5,6)33/h8,10,12-14,17-18,27-28,33H,7,9,11,15-16H2,1-6H3/t18-/m0/s1. The molecule has 1 aliphatic heterocycles. The van der Waals surface area contributed by atoms with Crippen molar-refractivity contribution in [2.45, 2.75) is 78.6 Å². The summed E-state index contributed by atoms with van der Waals surface area (Å²) in [6.07, 6.45) is 6.38. The van der Waals surface area contributed by atoms with Crippen molar-refractivity contribution >= 4 is 28.9 Å². The van der Waals surface area contributed by atoms with Crippen LogP contribution in [0.25, 0.3) is 5.57 Å². The largest absolute Gasteiger partial charge is 0.446 e. The van der Waals surface area contributed by atoms with Gasteiger partial charge in [-0.3, -0.25) is 9.69 Å². The third-order valence-electron chi connectivity index (χ3n) is 5.79. The fourth-order valence-corrected chi connectivity index (χ4v) is 4.31. The lowest BCUT2D eigenvalue weighted by molar-refractivity contribution is -0.117. The van der Waals surface area contributed by atoms with Crippen LogP contribution in [0.4, 0.5) is 16.2 Å². The smallest absolute Gasteiger partial charge is 0.414 e. The molecule has 0 fully saturated rings. The summed E-state index contributed by atoms with van der Waals surface area (Å²) < 4.78 is 5.51. The molecule has 3 N–H and O–H groups in total. The van der Waals surface area contributed by atoms with Crippen LogP contribution in [0.5, 0.6) is 0 Å². The monoisotopic (exact) mass is 470 g/mol. The highest BCUT2D eigenvalue weighted by molar-refractivity contribution is 6.03. The lowest BCUT2D eigenvalue weighted by atomic mass is 9.98. The summed E-state index contributed by atoms with van der Waals surface area (Å²) >= 11 is 0. The number of fused-ring (bicyclic) bond motifs is 1. The number of rotatable bonds is 6. The molecular formula is C26H38N4O4. The maximum Gasteiger partial charge on any atom is 0.414 e. The second-order valence-electron chi connectivity index (χ2n) is 9.96. The highest BCUT2D eigenvalue weighted by atomic mass is 16.6. The molecule has 1 aromatic rings. The molecule has 186 valence electrons. The minimum absolute atomic E-state index is 0.0647. The first-order valence-electron chi connectivity index (χ1n) is 12.0. The van der Waals surface area contributed by atoms with E-state index in [4.69, 9.17) is 4.74 Å². The SMILES string of the molecule is CC(=O)N1c2ccc(C3=C(NNCC(C)(C)O)CCCC=C3)cc2N(C(=O)OC(C)C)C[C@@H]1C. The molecule has 0 spiro atoms. The predicted octanol–water partition coefficient (Wildman–Crippen LogP) is 4.11. The zero-order valence-corrected chi connectivity index (χ0v) is 21.1. The summed E-state index contributed by atoms with van der Waals surface area (Å²) in [6, 6.07) is 5.68. The lowest BCUT2D eigenvalue weighted by Gasteiger charge is -2.40. The zero-order valence-electron chi connectivity index (χ0n) is 21.1. The molecule has 8 nitrogen and oxygen atoms in total. The van der Waals surface area contributed by atoms with Crippen molar-refractivity contribution in [1.82, 2.24) is 10.9 Å². The molecule has 0 saturated carbocycles. The van der Waals surface area contributed by atoms with Gasteiger partial charge in [-0.1, -0.05) is 18.2 Å². The first-order valence-corrected chi connectivity index (χ1v) is 12.0. The van der Waals surface area contributed by atoms with Gasteiger partial charge >= 0.3 is 6.09 Å². The van der Waals surface area contributed by atoms with Gasteiger partial charge in [0.1, 0.15) is 0 Å². The van der Waals surface area contributed by atoms with Crippen molar-refractivity contribution in [3.05, 3.63) is 41.6 Å². The van der Waals surface area contributed by atoms with Gasteiger partial charge in [0.25, 0.3) is 0 Å². The number of hydrogen-bond acceptors (Lipinski definition) is 6. The van der Waals surface area contributed by atoms with Gasteiger partial charge in [0.15, 0.2) is 0 Å². The normalized spacial score (nSPS) is 18.6. The number of allylic oxidation sites excluding steroid dienone is 4. The fourth-order valence-electron chi connectivity index (χ4n) is 4.31. The Morgan fingerprint density at radius 2 is 2.00 bits per heavy atom. The number of benzene rings is 1. The van der Waals surface area contributed by atoms with Crippen LogP contribution in [0.15, 0.2) is 36.0 Å². The van der Waals surface area contributed by atoms with E-state index in [2.05, 4.69) is 23.0 Å². The number of hydrogen-bond donors (Lipinski definition) is 3. The highest BCUT2D eigenvalue weighted by Crippen LogP contribution is 2.39. The number of anilines is 2. The van der Waals surface area contributed by atoms with Crippen LogP contribution < -0.4 is 20.7 Å². The number of amides is 2. The number of hydrazine groups is 1. The number of nitrogens with one attached hydrogen (secondary N) is 2. The quantitative estimate of drug-likeness (QED) is 0.542.